The summed E-state index contributed by atoms with van der Waals surface area (Å²) in [6.07, 6.45) is 1.07. The second kappa shape index (κ2) is 9.69. The number of amides is 1. The number of hydrogen-bond acceptors (Lipinski definition) is 5. The Labute approximate surface area is 180 Å². The molecule has 2 N–H and O–H groups in total. The number of piperidine rings is 1. The largest absolute Gasteiger partial charge is 0.497 e. The van der Waals surface area contributed by atoms with Gasteiger partial charge < -0.3 is 19.9 Å². The fraction of sp³-hybridized carbons (Fsp3) is 0.429. The van der Waals surface area contributed by atoms with E-state index in [2.05, 4.69) is 10.6 Å². The third kappa shape index (κ3) is 4.79. The molecule has 0 aliphatic carbocycles. The number of pyridine rings is 1. The van der Waals surface area contributed by atoms with Gasteiger partial charge in [-0.15, -0.1) is 24.2 Å². The van der Waals surface area contributed by atoms with Crippen LogP contribution >= 0.6 is 24.2 Å². The van der Waals surface area contributed by atoms with E-state index in [0.717, 1.165) is 35.8 Å². The second-order valence-corrected chi connectivity index (χ2v) is 8.40. The van der Waals surface area contributed by atoms with Crippen LogP contribution < -0.4 is 20.9 Å². The highest BCUT2D eigenvalue weighted by Gasteiger charge is 2.37. The van der Waals surface area contributed by atoms with E-state index in [1.54, 1.807) is 13.2 Å². The lowest BCUT2D eigenvalue weighted by atomic mass is 9.79. The molecule has 1 aromatic carbocycles. The molecular formula is C21H26ClN3O3S. The summed E-state index contributed by atoms with van der Waals surface area (Å²) in [7, 11) is 1.63. The van der Waals surface area contributed by atoms with Crippen molar-refractivity contribution in [3.8, 4) is 5.75 Å². The van der Waals surface area contributed by atoms with Crippen molar-refractivity contribution in [3.05, 3.63) is 58.5 Å². The van der Waals surface area contributed by atoms with Crippen LogP contribution in [0, 0.1) is 5.92 Å². The van der Waals surface area contributed by atoms with E-state index in [1.807, 2.05) is 41.0 Å². The number of carbonyl (C=O) groups is 1. The maximum atomic E-state index is 12.5. The standard InChI is InChI=1S/C21H25N3O3S.ClH/c1-27-16-4-2-5-17(9-16)28-13-20(25)23-12-19-15-8-14(10-22-11-15)18-6-3-7-21(26)24(18)19;/h2-7,9,14-15,19,22H,8,10-13H2,1H3,(H,23,25);1H/t14-,15+,19+;/m1./s1. The normalized spacial score (nSPS) is 22.2. The molecule has 8 heteroatoms. The Morgan fingerprint density at radius 2 is 2.10 bits per heavy atom. The Morgan fingerprint density at radius 3 is 2.93 bits per heavy atom. The van der Waals surface area contributed by atoms with Gasteiger partial charge in [0.2, 0.25) is 5.91 Å². The highest BCUT2D eigenvalue weighted by molar-refractivity contribution is 8.00. The zero-order valence-electron chi connectivity index (χ0n) is 16.3. The molecule has 0 radical (unpaired) electrons. The zero-order valence-corrected chi connectivity index (χ0v) is 17.9. The minimum atomic E-state index is -0.0238. The van der Waals surface area contributed by atoms with Crippen molar-refractivity contribution in [2.24, 2.45) is 5.92 Å². The van der Waals surface area contributed by atoms with Crippen molar-refractivity contribution >= 4 is 30.1 Å². The number of hydrogen-bond donors (Lipinski definition) is 2. The highest BCUT2D eigenvalue weighted by atomic mass is 35.5. The monoisotopic (exact) mass is 435 g/mol. The Balaban J connectivity index is 0.00000240. The number of rotatable bonds is 6. The van der Waals surface area contributed by atoms with Gasteiger partial charge in [-0.05, 0) is 36.6 Å². The summed E-state index contributed by atoms with van der Waals surface area (Å²) in [5.74, 6) is 1.83. The summed E-state index contributed by atoms with van der Waals surface area (Å²) < 4.78 is 7.13. The number of aromatic nitrogens is 1. The quantitative estimate of drug-likeness (QED) is 0.682. The minimum Gasteiger partial charge on any atom is -0.497 e. The number of carbonyl (C=O) groups excluding carboxylic acids is 1. The molecule has 1 amide bonds. The summed E-state index contributed by atoms with van der Waals surface area (Å²) in [4.78, 5) is 25.9. The van der Waals surface area contributed by atoms with Gasteiger partial charge in [0.1, 0.15) is 5.75 Å². The van der Waals surface area contributed by atoms with E-state index < -0.39 is 0 Å². The average molecular weight is 436 g/mol. The first kappa shape index (κ1) is 21.7. The summed E-state index contributed by atoms with van der Waals surface area (Å²) in [5, 5.41) is 6.52. The minimum absolute atomic E-state index is 0. The molecule has 2 aliphatic heterocycles. The summed E-state index contributed by atoms with van der Waals surface area (Å²) in [5.41, 5.74) is 1.11. The molecule has 0 spiro atoms. The van der Waals surface area contributed by atoms with Gasteiger partial charge in [-0.25, -0.2) is 0 Å². The van der Waals surface area contributed by atoms with E-state index in [0.29, 0.717) is 24.1 Å². The topological polar surface area (TPSA) is 72.4 Å². The SMILES string of the molecule is COc1cccc(SCC(=O)NC[C@H]2[C@@H]3CNC[C@@H](C3)c3cccc(=O)n32)c1.Cl. The van der Waals surface area contributed by atoms with Gasteiger partial charge >= 0.3 is 0 Å². The van der Waals surface area contributed by atoms with Gasteiger partial charge in [0, 0.05) is 42.2 Å². The number of benzene rings is 1. The highest BCUT2D eigenvalue weighted by Crippen LogP contribution is 2.38. The van der Waals surface area contributed by atoms with Gasteiger partial charge in [-0.2, -0.15) is 0 Å². The van der Waals surface area contributed by atoms with Gasteiger partial charge in [-0.1, -0.05) is 12.1 Å². The first-order valence-electron chi connectivity index (χ1n) is 9.61. The fourth-order valence-corrected chi connectivity index (χ4v) is 5.05. The van der Waals surface area contributed by atoms with E-state index in [9.17, 15) is 9.59 Å². The van der Waals surface area contributed by atoms with Crippen molar-refractivity contribution < 1.29 is 9.53 Å². The predicted octanol–water partition coefficient (Wildman–Crippen LogP) is 2.44. The molecule has 6 nitrogen and oxygen atoms in total. The van der Waals surface area contributed by atoms with Crippen LogP contribution in [0.3, 0.4) is 0 Å². The lowest BCUT2D eigenvalue weighted by Crippen LogP contribution is -2.50. The van der Waals surface area contributed by atoms with Crippen molar-refractivity contribution in [1.29, 1.82) is 0 Å². The third-order valence-electron chi connectivity index (χ3n) is 5.62. The van der Waals surface area contributed by atoms with Crippen LogP contribution in [0.5, 0.6) is 5.75 Å². The molecule has 2 aromatic rings. The number of halogens is 1. The average Bonchev–Trinajstić information content (AvgIpc) is 2.73. The third-order valence-corrected chi connectivity index (χ3v) is 6.61. The van der Waals surface area contributed by atoms with Gasteiger partial charge in [0.05, 0.1) is 18.9 Å². The summed E-state index contributed by atoms with van der Waals surface area (Å²) in [6, 6.07) is 13.2. The maximum absolute atomic E-state index is 12.5. The van der Waals surface area contributed by atoms with Crippen LogP contribution in [0.2, 0.25) is 0 Å². The first-order chi connectivity index (χ1) is 13.7. The molecule has 3 heterocycles. The second-order valence-electron chi connectivity index (χ2n) is 7.35. The van der Waals surface area contributed by atoms with E-state index >= 15 is 0 Å². The molecule has 3 atom stereocenters. The molecule has 4 rings (SSSR count). The van der Waals surface area contributed by atoms with Crippen molar-refractivity contribution in [1.82, 2.24) is 15.2 Å². The molecule has 2 bridgehead atoms. The predicted molar refractivity (Wildman–Crippen MR) is 117 cm³/mol. The van der Waals surface area contributed by atoms with Crippen molar-refractivity contribution in [3.63, 3.8) is 0 Å². The molecule has 1 fully saturated rings. The Bertz CT molecular complexity index is 920. The number of nitrogens with zero attached hydrogens (tertiary/aromatic N) is 1. The molecular weight excluding hydrogens is 410 g/mol. The number of ether oxygens (including phenoxy) is 1. The van der Waals surface area contributed by atoms with E-state index in [-0.39, 0.29) is 29.9 Å². The van der Waals surface area contributed by atoms with E-state index in [1.165, 1.54) is 11.8 Å². The van der Waals surface area contributed by atoms with Crippen LogP contribution in [0.15, 0.2) is 52.2 Å². The van der Waals surface area contributed by atoms with Crippen LogP contribution in [-0.2, 0) is 4.79 Å². The van der Waals surface area contributed by atoms with Crippen molar-refractivity contribution in [2.45, 2.75) is 23.3 Å². The van der Waals surface area contributed by atoms with Crippen LogP contribution in [0.1, 0.15) is 24.1 Å². The smallest absolute Gasteiger partial charge is 0.251 e. The first-order valence-corrected chi connectivity index (χ1v) is 10.6. The molecule has 0 saturated carbocycles. The maximum Gasteiger partial charge on any atom is 0.251 e. The fourth-order valence-electron chi connectivity index (χ4n) is 4.28. The Morgan fingerprint density at radius 1 is 1.28 bits per heavy atom. The number of methoxy groups -OCH3 is 1. The van der Waals surface area contributed by atoms with Crippen LogP contribution in [0.4, 0.5) is 0 Å². The van der Waals surface area contributed by atoms with Gasteiger partial charge in [0.25, 0.3) is 5.56 Å². The lowest BCUT2D eigenvalue weighted by molar-refractivity contribution is -0.118. The summed E-state index contributed by atoms with van der Waals surface area (Å²) in [6.45, 7) is 2.28. The Hall–Kier alpha value is -1.96. The molecule has 29 heavy (non-hydrogen) atoms. The van der Waals surface area contributed by atoms with Crippen LogP contribution in [-0.4, -0.2) is 43.0 Å². The van der Waals surface area contributed by atoms with Gasteiger partial charge in [0.15, 0.2) is 0 Å². The molecule has 2 aliphatic rings. The molecule has 156 valence electrons. The Kier molecular flexibility index (Phi) is 7.27. The van der Waals surface area contributed by atoms with Crippen molar-refractivity contribution in [2.75, 3.05) is 32.5 Å². The van der Waals surface area contributed by atoms with Crippen LogP contribution in [0.25, 0.3) is 0 Å². The zero-order chi connectivity index (χ0) is 19.5. The molecule has 0 unspecified atom stereocenters. The number of thioether (sulfide) groups is 1. The summed E-state index contributed by atoms with van der Waals surface area (Å²) >= 11 is 1.48. The molecule has 1 aromatic heterocycles. The van der Waals surface area contributed by atoms with E-state index in [4.69, 9.17) is 4.74 Å². The number of nitrogens with one attached hydrogen (secondary N) is 2. The molecule has 1 saturated heterocycles. The number of fused-ring (bicyclic) bond motifs is 4. The van der Waals surface area contributed by atoms with Gasteiger partial charge in [-0.3, -0.25) is 9.59 Å². The lowest BCUT2D eigenvalue weighted by Gasteiger charge is -2.43.